The first-order chi connectivity index (χ1) is 5.34. The number of hydrogen-bond donors (Lipinski definition) is 3. The number of hydrazine groups is 1. The molecule has 1 rings (SSSR count). The lowest BCUT2D eigenvalue weighted by Crippen LogP contribution is -2.08. The summed E-state index contributed by atoms with van der Waals surface area (Å²) in [5.74, 6) is 5.12. The zero-order valence-corrected chi connectivity index (χ0v) is 6.96. The summed E-state index contributed by atoms with van der Waals surface area (Å²) in [7, 11) is 0. The fourth-order valence-electron chi connectivity index (χ4n) is 0.628. The molecule has 0 amide bonds. The van der Waals surface area contributed by atoms with E-state index in [1.807, 2.05) is 32.0 Å². The highest BCUT2D eigenvalue weighted by molar-refractivity contribution is 5.64. The fraction of sp³-hybridized carbons (Fsp3) is 0.250. The monoisotopic (exact) mass is 155 g/mol. The Labute approximate surface area is 68.9 Å². The number of hydrogen-bond acceptors (Lipinski definition) is 3. The maximum atomic E-state index is 5.49. The SMILES string of the molecule is CC.NNc1ccccc1N.[HH]. The third-order valence-corrected chi connectivity index (χ3v) is 1.12. The molecule has 0 fully saturated rings. The van der Waals surface area contributed by atoms with Gasteiger partial charge in [-0.1, -0.05) is 26.0 Å². The van der Waals surface area contributed by atoms with Gasteiger partial charge in [-0.15, -0.1) is 0 Å². The molecule has 0 saturated heterocycles. The molecular weight excluding hydrogens is 138 g/mol. The quantitative estimate of drug-likeness (QED) is 0.329. The van der Waals surface area contributed by atoms with Gasteiger partial charge >= 0.3 is 0 Å². The van der Waals surface area contributed by atoms with E-state index in [1.165, 1.54) is 0 Å². The van der Waals surface area contributed by atoms with Gasteiger partial charge in [-0.2, -0.15) is 0 Å². The average Bonchev–Trinajstić information content (AvgIpc) is 2.09. The first kappa shape index (κ1) is 9.78. The Balaban J connectivity index is 0. The van der Waals surface area contributed by atoms with Crippen molar-refractivity contribution in [2.75, 3.05) is 11.2 Å². The highest BCUT2D eigenvalue weighted by Gasteiger charge is 1.89. The normalized spacial score (nSPS) is 7.91. The second-order valence-corrected chi connectivity index (χ2v) is 1.73. The molecule has 0 aromatic heterocycles. The van der Waals surface area contributed by atoms with Crippen LogP contribution in [-0.2, 0) is 0 Å². The minimum atomic E-state index is 0. The molecule has 64 valence electrons. The van der Waals surface area contributed by atoms with Gasteiger partial charge in [0.15, 0.2) is 0 Å². The van der Waals surface area contributed by atoms with Crippen molar-refractivity contribution in [1.29, 1.82) is 0 Å². The smallest absolute Gasteiger partial charge is 0.0715 e. The Bertz CT molecular complexity index is 203. The zero-order valence-electron chi connectivity index (χ0n) is 6.96. The summed E-state index contributed by atoms with van der Waals surface area (Å²) >= 11 is 0. The van der Waals surface area contributed by atoms with E-state index in [0.717, 1.165) is 5.69 Å². The van der Waals surface area contributed by atoms with Gasteiger partial charge in [-0.3, -0.25) is 5.84 Å². The van der Waals surface area contributed by atoms with Gasteiger partial charge in [-0.05, 0) is 12.1 Å². The van der Waals surface area contributed by atoms with Crippen molar-refractivity contribution in [3.8, 4) is 0 Å². The molecule has 0 aliphatic rings. The number of benzene rings is 1. The zero-order chi connectivity index (χ0) is 8.69. The number of nitrogens with two attached hydrogens (primary N) is 2. The summed E-state index contributed by atoms with van der Waals surface area (Å²) in [6, 6.07) is 7.33. The van der Waals surface area contributed by atoms with Gasteiger partial charge in [-0.25, -0.2) is 0 Å². The summed E-state index contributed by atoms with van der Waals surface area (Å²) in [6.07, 6.45) is 0. The van der Waals surface area contributed by atoms with Crippen LogP contribution in [0.4, 0.5) is 11.4 Å². The van der Waals surface area contributed by atoms with Crippen molar-refractivity contribution in [3.05, 3.63) is 24.3 Å². The average molecular weight is 155 g/mol. The summed E-state index contributed by atoms with van der Waals surface area (Å²) in [4.78, 5) is 0. The number of para-hydroxylation sites is 2. The molecule has 0 bridgehead atoms. The lowest BCUT2D eigenvalue weighted by molar-refractivity contribution is 1.35. The van der Waals surface area contributed by atoms with Crippen LogP contribution in [0.3, 0.4) is 0 Å². The van der Waals surface area contributed by atoms with Crippen LogP contribution in [0.1, 0.15) is 15.3 Å². The molecule has 0 spiro atoms. The van der Waals surface area contributed by atoms with Gasteiger partial charge in [0.1, 0.15) is 0 Å². The minimum absolute atomic E-state index is 0. The third-order valence-electron chi connectivity index (χ3n) is 1.12. The second-order valence-electron chi connectivity index (χ2n) is 1.73. The van der Waals surface area contributed by atoms with E-state index >= 15 is 0 Å². The van der Waals surface area contributed by atoms with Crippen molar-refractivity contribution >= 4 is 11.4 Å². The van der Waals surface area contributed by atoms with E-state index < -0.39 is 0 Å². The maximum absolute atomic E-state index is 5.49. The van der Waals surface area contributed by atoms with Crippen LogP contribution in [-0.4, -0.2) is 0 Å². The van der Waals surface area contributed by atoms with Crippen LogP contribution in [0.5, 0.6) is 0 Å². The lowest BCUT2D eigenvalue weighted by Gasteiger charge is -2.00. The molecule has 11 heavy (non-hydrogen) atoms. The lowest BCUT2D eigenvalue weighted by atomic mass is 10.3. The Hall–Kier alpha value is -1.22. The fourth-order valence-corrected chi connectivity index (χ4v) is 0.628. The molecule has 5 N–H and O–H groups in total. The van der Waals surface area contributed by atoms with Crippen LogP contribution >= 0.6 is 0 Å². The molecule has 0 aliphatic carbocycles. The van der Waals surface area contributed by atoms with Gasteiger partial charge in [0.05, 0.1) is 11.4 Å². The van der Waals surface area contributed by atoms with Gasteiger partial charge in [0, 0.05) is 1.43 Å². The summed E-state index contributed by atoms with van der Waals surface area (Å²) in [5, 5.41) is 0. The van der Waals surface area contributed by atoms with Crippen molar-refractivity contribution in [2.24, 2.45) is 5.84 Å². The van der Waals surface area contributed by atoms with Crippen molar-refractivity contribution in [3.63, 3.8) is 0 Å². The van der Waals surface area contributed by atoms with Crippen LogP contribution < -0.4 is 17.0 Å². The van der Waals surface area contributed by atoms with Crippen LogP contribution in [0.2, 0.25) is 0 Å². The molecular formula is C8H17N3. The Morgan fingerprint density at radius 1 is 1.27 bits per heavy atom. The number of nitrogens with one attached hydrogen (secondary N) is 1. The topological polar surface area (TPSA) is 64.1 Å². The number of anilines is 2. The number of nitrogen functional groups attached to an aromatic ring is 2. The minimum Gasteiger partial charge on any atom is -0.397 e. The molecule has 3 nitrogen and oxygen atoms in total. The second kappa shape index (κ2) is 5.56. The molecule has 3 heteroatoms. The van der Waals surface area contributed by atoms with Gasteiger partial charge < -0.3 is 11.2 Å². The highest BCUT2D eigenvalue weighted by atomic mass is 15.2. The summed E-state index contributed by atoms with van der Waals surface area (Å²) < 4.78 is 0. The standard InChI is InChI=1S/C6H9N3.C2H6.H2/c7-5-3-1-2-4-6(5)9-8;1-2;/h1-4,9H,7-8H2;1-2H3;1H. The molecule has 1 aromatic rings. The van der Waals surface area contributed by atoms with Crippen LogP contribution in [0.25, 0.3) is 0 Å². The third kappa shape index (κ3) is 2.91. The van der Waals surface area contributed by atoms with E-state index in [1.54, 1.807) is 6.07 Å². The number of rotatable bonds is 1. The predicted molar refractivity (Wildman–Crippen MR) is 52.1 cm³/mol. The molecule has 0 aliphatic heterocycles. The maximum Gasteiger partial charge on any atom is 0.0715 e. The Morgan fingerprint density at radius 2 is 1.82 bits per heavy atom. The van der Waals surface area contributed by atoms with Crippen molar-refractivity contribution in [2.45, 2.75) is 13.8 Å². The Kier molecular flexibility index (Phi) is 4.94. The predicted octanol–water partition coefficient (Wildman–Crippen LogP) is 1.83. The molecule has 0 atom stereocenters. The first-order valence-corrected chi connectivity index (χ1v) is 3.65. The first-order valence-electron chi connectivity index (χ1n) is 3.65. The van der Waals surface area contributed by atoms with Gasteiger partial charge in [0.2, 0.25) is 0 Å². The highest BCUT2D eigenvalue weighted by Crippen LogP contribution is 2.13. The molecule has 0 unspecified atom stereocenters. The van der Waals surface area contributed by atoms with E-state index in [-0.39, 0.29) is 1.43 Å². The van der Waals surface area contributed by atoms with E-state index in [9.17, 15) is 0 Å². The summed E-state index contributed by atoms with van der Waals surface area (Å²) in [5.41, 5.74) is 9.39. The van der Waals surface area contributed by atoms with Crippen molar-refractivity contribution < 1.29 is 1.43 Å². The van der Waals surface area contributed by atoms with E-state index in [2.05, 4.69) is 5.43 Å². The van der Waals surface area contributed by atoms with Crippen molar-refractivity contribution in [1.82, 2.24) is 0 Å². The van der Waals surface area contributed by atoms with Crippen LogP contribution in [0.15, 0.2) is 24.3 Å². The van der Waals surface area contributed by atoms with E-state index in [4.69, 9.17) is 11.6 Å². The molecule has 1 aromatic carbocycles. The molecule has 0 radical (unpaired) electrons. The van der Waals surface area contributed by atoms with Crippen LogP contribution in [0, 0.1) is 0 Å². The molecule has 0 heterocycles. The largest absolute Gasteiger partial charge is 0.397 e. The Morgan fingerprint density at radius 3 is 2.18 bits per heavy atom. The van der Waals surface area contributed by atoms with E-state index in [0.29, 0.717) is 5.69 Å². The summed E-state index contributed by atoms with van der Waals surface area (Å²) in [6.45, 7) is 4.00. The molecule has 0 saturated carbocycles. The van der Waals surface area contributed by atoms with Gasteiger partial charge in [0.25, 0.3) is 0 Å².